The minimum Gasteiger partial charge on any atom is -0.380 e. The number of hydrogen-bond acceptors (Lipinski definition) is 4. The first-order valence-electron chi connectivity index (χ1n) is 5.90. The highest BCUT2D eigenvalue weighted by atomic mass is 35.5. The molecule has 0 fully saturated rings. The van der Waals surface area contributed by atoms with Gasteiger partial charge < -0.3 is 10.1 Å². The molecule has 6 heteroatoms. The van der Waals surface area contributed by atoms with Crippen molar-refractivity contribution in [2.45, 2.75) is 19.8 Å². The van der Waals surface area contributed by atoms with Crippen molar-refractivity contribution in [1.29, 1.82) is 0 Å². The van der Waals surface area contributed by atoms with Crippen molar-refractivity contribution in [1.82, 2.24) is 0 Å². The highest BCUT2D eigenvalue weighted by Crippen LogP contribution is 2.27. The fourth-order valence-corrected chi connectivity index (χ4v) is 1.59. The van der Waals surface area contributed by atoms with E-state index in [4.69, 9.17) is 16.3 Å². The van der Waals surface area contributed by atoms with Gasteiger partial charge in [-0.05, 0) is 18.6 Å². The number of unbranched alkanes of at least 4 members (excludes halogenated alkanes) is 1. The first-order chi connectivity index (χ1) is 8.65. The Bertz CT molecular complexity index is 399. The molecule has 1 rings (SSSR count). The first-order valence-corrected chi connectivity index (χ1v) is 6.28. The van der Waals surface area contributed by atoms with Crippen LogP contribution in [0.4, 0.5) is 11.4 Å². The molecule has 0 bridgehead atoms. The van der Waals surface area contributed by atoms with Crippen molar-refractivity contribution in [2.24, 2.45) is 0 Å². The number of ether oxygens (including phenoxy) is 1. The van der Waals surface area contributed by atoms with E-state index in [0.717, 1.165) is 19.4 Å². The molecule has 0 aromatic heterocycles. The summed E-state index contributed by atoms with van der Waals surface area (Å²) in [5, 5.41) is 14.2. The standard InChI is InChI=1S/C12H17ClN2O3/c1-2-3-7-18-8-6-14-11-9-10(13)4-5-12(11)15(16)17/h4-5,9,14H,2-3,6-8H2,1H3. The second kappa shape index (κ2) is 7.89. The lowest BCUT2D eigenvalue weighted by molar-refractivity contribution is -0.384. The number of anilines is 1. The van der Waals surface area contributed by atoms with Gasteiger partial charge in [0.25, 0.3) is 5.69 Å². The van der Waals surface area contributed by atoms with Gasteiger partial charge in [-0.2, -0.15) is 0 Å². The van der Waals surface area contributed by atoms with E-state index in [2.05, 4.69) is 12.2 Å². The van der Waals surface area contributed by atoms with Crippen LogP contribution in [-0.2, 0) is 4.74 Å². The van der Waals surface area contributed by atoms with Gasteiger partial charge in [-0.1, -0.05) is 24.9 Å². The number of nitro benzene ring substituents is 1. The van der Waals surface area contributed by atoms with E-state index in [9.17, 15) is 10.1 Å². The second-order valence-electron chi connectivity index (χ2n) is 3.81. The van der Waals surface area contributed by atoms with E-state index in [0.29, 0.717) is 23.9 Å². The highest BCUT2D eigenvalue weighted by molar-refractivity contribution is 6.31. The summed E-state index contributed by atoms with van der Waals surface area (Å²) in [6.45, 7) is 3.85. The van der Waals surface area contributed by atoms with Crippen LogP contribution in [0.3, 0.4) is 0 Å². The predicted octanol–water partition coefficient (Wildman–Crippen LogP) is 3.48. The minimum atomic E-state index is -0.434. The third kappa shape index (κ3) is 4.89. The third-order valence-electron chi connectivity index (χ3n) is 2.36. The topological polar surface area (TPSA) is 64.4 Å². The summed E-state index contributed by atoms with van der Waals surface area (Å²) < 4.78 is 5.36. The van der Waals surface area contributed by atoms with Crippen LogP contribution < -0.4 is 5.32 Å². The molecule has 0 unspecified atom stereocenters. The zero-order valence-corrected chi connectivity index (χ0v) is 11.1. The van der Waals surface area contributed by atoms with Crippen molar-refractivity contribution in [3.05, 3.63) is 33.3 Å². The number of benzene rings is 1. The predicted molar refractivity (Wildman–Crippen MR) is 72.3 cm³/mol. The van der Waals surface area contributed by atoms with Crippen LogP contribution in [0.2, 0.25) is 5.02 Å². The van der Waals surface area contributed by atoms with Crippen molar-refractivity contribution in [3.63, 3.8) is 0 Å². The van der Waals surface area contributed by atoms with Gasteiger partial charge in [-0.15, -0.1) is 0 Å². The molecule has 0 heterocycles. The van der Waals surface area contributed by atoms with Crippen LogP contribution in [-0.4, -0.2) is 24.7 Å². The number of nitrogens with one attached hydrogen (secondary N) is 1. The van der Waals surface area contributed by atoms with Crippen LogP contribution in [0.15, 0.2) is 18.2 Å². The Kier molecular flexibility index (Phi) is 6.46. The van der Waals surface area contributed by atoms with Crippen LogP contribution in [0.25, 0.3) is 0 Å². The van der Waals surface area contributed by atoms with Gasteiger partial charge in [0, 0.05) is 24.2 Å². The molecular formula is C12H17ClN2O3. The molecule has 0 radical (unpaired) electrons. The smallest absolute Gasteiger partial charge is 0.292 e. The van der Waals surface area contributed by atoms with Crippen LogP contribution >= 0.6 is 11.6 Å². The van der Waals surface area contributed by atoms with Crippen molar-refractivity contribution < 1.29 is 9.66 Å². The largest absolute Gasteiger partial charge is 0.380 e. The van der Waals surface area contributed by atoms with E-state index in [1.54, 1.807) is 6.07 Å². The Labute approximate surface area is 111 Å². The Hall–Kier alpha value is -1.33. The van der Waals surface area contributed by atoms with Gasteiger partial charge >= 0.3 is 0 Å². The summed E-state index contributed by atoms with van der Waals surface area (Å²) in [7, 11) is 0. The van der Waals surface area contributed by atoms with Gasteiger partial charge in [0.1, 0.15) is 5.69 Å². The maximum absolute atomic E-state index is 10.8. The Balaban J connectivity index is 2.45. The number of halogens is 1. The van der Waals surface area contributed by atoms with E-state index >= 15 is 0 Å². The second-order valence-corrected chi connectivity index (χ2v) is 4.25. The third-order valence-corrected chi connectivity index (χ3v) is 2.59. The van der Waals surface area contributed by atoms with Crippen molar-refractivity contribution in [3.8, 4) is 0 Å². The zero-order valence-electron chi connectivity index (χ0n) is 10.3. The molecule has 18 heavy (non-hydrogen) atoms. The van der Waals surface area contributed by atoms with E-state index < -0.39 is 4.92 Å². The minimum absolute atomic E-state index is 0.0213. The quantitative estimate of drug-likeness (QED) is 0.447. The number of nitrogens with zero attached hydrogens (tertiary/aromatic N) is 1. The lowest BCUT2D eigenvalue weighted by Crippen LogP contribution is -2.11. The summed E-state index contributed by atoms with van der Waals surface area (Å²) in [6, 6.07) is 4.44. The van der Waals surface area contributed by atoms with Crippen molar-refractivity contribution >= 4 is 23.0 Å². The normalized spacial score (nSPS) is 10.3. The van der Waals surface area contributed by atoms with Gasteiger partial charge in [0.2, 0.25) is 0 Å². The molecule has 1 aromatic carbocycles. The summed E-state index contributed by atoms with van der Waals surface area (Å²) >= 11 is 5.81. The van der Waals surface area contributed by atoms with E-state index in [-0.39, 0.29) is 5.69 Å². The van der Waals surface area contributed by atoms with Gasteiger partial charge in [-0.3, -0.25) is 10.1 Å². The monoisotopic (exact) mass is 272 g/mol. The first kappa shape index (κ1) is 14.7. The van der Waals surface area contributed by atoms with Gasteiger partial charge in [-0.25, -0.2) is 0 Å². The summed E-state index contributed by atoms with van der Waals surface area (Å²) in [4.78, 5) is 10.4. The number of nitro groups is 1. The Morgan fingerprint density at radius 3 is 2.89 bits per heavy atom. The summed E-state index contributed by atoms with van der Waals surface area (Å²) in [6.07, 6.45) is 2.12. The lowest BCUT2D eigenvalue weighted by Gasteiger charge is -2.08. The summed E-state index contributed by atoms with van der Waals surface area (Å²) in [5.41, 5.74) is 0.444. The molecule has 100 valence electrons. The molecular weight excluding hydrogens is 256 g/mol. The molecule has 0 aliphatic heterocycles. The van der Waals surface area contributed by atoms with Crippen molar-refractivity contribution in [2.75, 3.05) is 25.1 Å². The molecule has 0 amide bonds. The average Bonchev–Trinajstić information content (AvgIpc) is 2.33. The zero-order chi connectivity index (χ0) is 13.4. The molecule has 1 N–H and O–H groups in total. The van der Waals surface area contributed by atoms with Crippen LogP contribution in [0.5, 0.6) is 0 Å². The van der Waals surface area contributed by atoms with Crippen LogP contribution in [0, 0.1) is 10.1 Å². The highest BCUT2D eigenvalue weighted by Gasteiger charge is 2.13. The maximum atomic E-state index is 10.8. The molecule has 0 saturated carbocycles. The molecule has 1 aromatic rings. The number of hydrogen-bond donors (Lipinski definition) is 1. The van der Waals surface area contributed by atoms with E-state index in [1.807, 2.05) is 0 Å². The van der Waals surface area contributed by atoms with Crippen LogP contribution in [0.1, 0.15) is 19.8 Å². The van der Waals surface area contributed by atoms with E-state index in [1.165, 1.54) is 12.1 Å². The molecule has 0 spiro atoms. The molecule has 0 aliphatic rings. The Morgan fingerprint density at radius 1 is 1.44 bits per heavy atom. The summed E-state index contributed by atoms with van der Waals surface area (Å²) in [5.74, 6) is 0. The number of rotatable bonds is 8. The molecule has 0 saturated heterocycles. The fourth-order valence-electron chi connectivity index (χ4n) is 1.42. The van der Waals surface area contributed by atoms with Gasteiger partial charge in [0.05, 0.1) is 11.5 Å². The van der Waals surface area contributed by atoms with Gasteiger partial charge in [0.15, 0.2) is 0 Å². The molecule has 5 nitrogen and oxygen atoms in total. The molecule has 0 atom stereocenters. The average molecular weight is 273 g/mol. The maximum Gasteiger partial charge on any atom is 0.292 e. The fraction of sp³-hybridized carbons (Fsp3) is 0.500. The molecule has 0 aliphatic carbocycles. The Morgan fingerprint density at radius 2 is 2.22 bits per heavy atom. The lowest BCUT2D eigenvalue weighted by atomic mass is 10.2. The SMILES string of the molecule is CCCCOCCNc1cc(Cl)ccc1[N+](=O)[O-].